The van der Waals surface area contributed by atoms with Gasteiger partial charge >= 0.3 is 6.18 Å². The molecule has 0 spiro atoms. The van der Waals surface area contributed by atoms with Gasteiger partial charge in [-0.2, -0.15) is 13.2 Å². The normalized spacial score (nSPS) is 16.8. The molecule has 8 nitrogen and oxygen atoms in total. The van der Waals surface area contributed by atoms with Crippen LogP contribution in [0.25, 0.3) is 0 Å². The van der Waals surface area contributed by atoms with Crippen molar-refractivity contribution in [1.29, 1.82) is 0 Å². The van der Waals surface area contributed by atoms with Crippen molar-refractivity contribution in [3.05, 3.63) is 53.3 Å². The Bertz CT molecular complexity index is 1000. The lowest BCUT2D eigenvalue weighted by atomic mass is 10.0. The van der Waals surface area contributed by atoms with E-state index in [2.05, 4.69) is 10.0 Å². The number of benzene rings is 1. The van der Waals surface area contributed by atoms with Crippen LogP contribution in [0.4, 0.5) is 13.2 Å². The van der Waals surface area contributed by atoms with Crippen molar-refractivity contribution in [2.45, 2.75) is 17.3 Å². The largest absolute Gasteiger partial charge is 0.438 e. The molecule has 31 heavy (non-hydrogen) atoms. The van der Waals surface area contributed by atoms with Crippen molar-refractivity contribution < 1.29 is 35.5 Å². The SMILES string of the molecule is CNS(=O)(=O)c1ccc(C(=O)NCC(c2ccc(C(F)(F)F)cc2)N2CCOCC2)o1. The Balaban J connectivity index is 1.75. The predicted octanol–water partition coefficient (Wildman–Crippen LogP) is 2.01. The number of nitrogens with zero attached hydrogens (tertiary/aromatic N) is 1. The Hall–Kier alpha value is -2.41. The first kappa shape index (κ1) is 23.3. The zero-order chi connectivity index (χ0) is 22.6. The van der Waals surface area contributed by atoms with Crippen LogP contribution in [0.3, 0.4) is 0 Å². The van der Waals surface area contributed by atoms with E-state index in [1.54, 1.807) is 0 Å². The lowest BCUT2D eigenvalue weighted by Crippen LogP contribution is -2.43. The summed E-state index contributed by atoms with van der Waals surface area (Å²) in [6, 6.07) is 6.79. The van der Waals surface area contributed by atoms with Crippen LogP contribution in [-0.2, 0) is 20.9 Å². The summed E-state index contributed by atoms with van der Waals surface area (Å²) in [5.41, 5.74) is -0.150. The Morgan fingerprint density at radius 3 is 2.35 bits per heavy atom. The number of halogens is 3. The van der Waals surface area contributed by atoms with Gasteiger partial charge in [0, 0.05) is 19.6 Å². The van der Waals surface area contributed by atoms with Crippen LogP contribution in [0, 0.1) is 0 Å². The molecular weight excluding hydrogens is 439 g/mol. The number of rotatable bonds is 7. The quantitative estimate of drug-likeness (QED) is 0.654. The van der Waals surface area contributed by atoms with Gasteiger partial charge in [0.25, 0.3) is 15.9 Å². The number of carbonyl (C=O) groups is 1. The van der Waals surface area contributed by atoms with Crippen molar-refractivity contribution >= 4 is 15.9 Å². The second kappa shape index (κ2) is 9.39. The van der Waals surface area contributed by atoms with E-state index in [9.17, 15) is 26.4 Å². The topological polar surface area (TPSA) is 101 Å². The zero-order valence-electron chi connectivity index (χ0n) is 16.6. The van der Waals surface area contributed by atoms with Crippen LogP contribution < -0.4 is 10.0 Å². The van der Waals surface area contributed by atoms with E-state index >= 15 is 0 Å². The van der Waals surface area contributed by atoms with E-state index in [0.717, 1.165) is 18.2 Å². The number of alkyl halides is 3. The Morgan fingerprint density at radius 2 is 1.77 bits per heavy atom. The zero-order valence-corrected chi connectivity index (χ0v) is 17.4. The lowest BCUT2D eigenvalue weighted by Gasteiger charge is -2.35. The molecule has 0 saturated carbocycles. The molecule has 12 heteroatoms. The van der Waals surface area contributed by atoms with Crippen LogP contribution in [0.2, 0.25) is 0 Å². The molecule has 3 rings (SSSR count). The van der Waals surface area contributed by atoms with Gasteiger partial charge in [-0.1, -0.05) is 12.1 Å². The highest BCUT2D eigenvalue weighted by atomic mass is 32.2. The van der Waals surface area contributed by atoms with E-state index in [1.807, 2.05) is 4.90 Å². The van der Waals surface area contributed by atoms with Crippen molar-refractivity contribution in [1.82, 2.24) is 14.9 Å². The number of amides is 1. The van der Waals surface area contributed by atoms with Gasteiger partial charge < -0.3 is 14.5 Å². The number of hydrogen-bond donors (Lipinski definition) is 2. The highest BCUT2D eigenvalue weighted by Crippen LogP contribution is 2.31. The summed E-state index contributed by atoms with van der Waals surface area (Å²) in [5, 5.41) is 2.27. The highest BCUT2D eigenvalue weighted by Gasteiger charge is 2.31. The lowest BCUT2D eigenvalue weighted by molar-refractivity contribution is -0.137. The predicted molar refractivity (Wildman–Crippen MR) is 104 cm³/mol. The average Bonchev–Trinajstić information content (AvgIpc) is 3.26. The Morgan fingerprint density at radius 1 is 1.13 bits per heavy atom. The number of carbonyl (C=O) groups excluding carboxylic acids is 1. The average molecular weight is 461 g/mol. The van der Waals surface area contributed by atoms with Crippen LogP contribution in [0.15, 0.2) is 45.9 Å². The number of ether oxygens (including phenoxy) is 1. The third-order valence-electron chi connectivity index (χ3n) is 4.90. The van der Waals surface area contributed by atoms with Gasteiger partial charge in [0.05, 0.1) is 24.8 Å². The third kappa shape index (κ3) is 5.64. The summed E-state index contributed by atoms with van der Waals surface area (Å²) >= 11 is 0. The smallest absolute Gasteiger partial charge is 0.416 e. The van der Waals surface area contributed by atoms with Gasteiger partial charge in [-0.25, -0.2) is 13.1 Å². The van der Waals surface area contributed by atoms with Gasteiger partial charge in [0.2, 0.25) is 5.09 Å². The van der Waals surface area contributed by atoms with Crippen molar-refractivity contribution in [2.24, 2.45) is 0 Å². The maximum absolute atomic E-state index is 12.9. The summed E-state index contributed by atoms with van der Waals surface area (Å²) in [4.78, 5) is 14.5. The molecule has 1 amide bonds. The van der Waals surface area contributed by atoms with Gasteiger partial charge in [-0.15, -0.1) is 0 Å². The third-order valence-corrected chi connectivity index (χ3v) is 6.19. The molecule has 1 aromatic heterocycles. The van der Waals surface area contributed by atoms with Crippen molar-refractivity contribution in [3.63, 3.8) is 0 Å². The van der Waals surface area contributed by atoms with Gasteiger partial charge in [-0.05, 0) is 36.9 Å². The second-order valence-corrected chi connectivity index (χ2v) is 8.64. The van der Waals surface area contributed by atoms with Gasteiger partial charge in [0.15, 0.2) is 5.76 Å². The Kier molecular flexibility index (Phi) is 7.04. The van der Waals surface area contributed by atoms with Crippen LogP contribution in [0.5, 0.6) is 0 Å². The number of hydrogen-bond acceptors (Lipinski definition) is 6. The molecule has 0 bridgehead atoms. The molecule has 1 fully saturated rings. The number of nitrogens with one attached hydrogen (secondary N) is 2. The van der Waals surface area contributed by atoms with E-state index in [-0.39, 0.29) is 12.3 Å². The molecule has 1 aromatic carbocycles. The molecule has 1 aliphatic rings. The van der Waals surface area contributed by atoms with Crippen molar-refractivity contribution in [3.8, 4) is 0 Å². The van der Waals surface area contributed by atoms with Gasteiger partial charge in [0.1, 0.15) is 0 Å². The molecule has 2 N–H and O–H groups in total. The standard InChI is InChI=1S/C19H22F3N3O5S/c1-23-31(27,28)17-7-6-16(30-17)18(26)24-12-15(25-8-10-29-11-9-25)13-2-4-14(5-3-13)19(20,21)22/h2-7,15,23H,8-12H2,1H3,(H,24,26). The fourth-order valence-electron chi connectivity index (χ4n) is 3.20. The Labute approximate surface area is 177 Å². The number of sulfonamides is 1. The molecule has 170 valence electrons. The fourth-order valence-corrected chi connectivity index (χ4v) is 3.85. The fraction of sp³-hybridized carbons (Fsp3) is 0.421. The number of morpholine rings is 1. The first-order valence-electron chi connectivity index (χ1n) is 9.42. The molecule has 1 unspecified atom stereocenters. The summed E-state index contributed by atoms with van der Waals surface area (Å²) in [6.07, 6.45) is -4.44. The monoisotopic (exact) mass is 461 g/mol. The molecule has 1 atom stereocenters. The summed E-state index contributed by atoms with van der Waals surface area (Å²) < 4.78 is 74.7. The molecule has 2 aromatic rings. The van der Waals surface area contributed by atoms with E-state index in [4.69, 9.17) is 9.15 Å². The summed E-state index contributed by atoms with van der Waals surface area (Å²) in [7, 11) is -2.61. The van der Waals surface area contributed by atoms with Crippen LogP contribution >= 0.6 is 0 Å². The summed E-state index contributed by atoms with van der Waals surface area (Å²) in [6.45, 7) is 2.11. The molecule has 1 saturated heterocycles. The maximum atomic E-state index is 12.9. The van der Waals surface area contributed by atoms with Crippen LogP contribution in [-0.4, -0.2) is 59.1 Å². The molecular formula is C19H22F3N3O5S. The van der Waals surface area contributed by atoms with Crippen molar-refractivity contribution in [2.75, 3.05) is 39.9 Å². The minimum Gasteiger partial charge on any atom is -0.438 e. The number of furan rings is 1. The highest BCUT2D eigenvalue weighted by molar-refractivity contribution is 7.89. The molecule has 0 radical (unpaired) electrons. The maximum Gasteiger partial charge on any atom is 0.416 e. The van der Waals surface area contributed by atoms with Gasteiger partial charge in [-0.3, -0.25) is 9.69 Å². The minimum atomic E-state index is -4.44. The summed E-state index contributed by atoms with van der Waals surface area (Å²) in [5.74, 6) is -0.829. The molecule has 2 heterocycles. The first-order chi connectivity index (χ1) is 14.6. The minimum absolute atomic E-state index is 0.0824. The molecule has 1 aliphatic heterocycles. The van der Waals surface area contributed by atoms with E-state index in [0.29, 0.717) is 31.9 Å². The van der Waals surface area contributed by atoms with E-state index < -0.39 is 38.8 Å². The first-order valence-corrected chi connectivity index (χ1v) is 10.9. The van der Waals surface area contributed by atoms with Crippen LogP contribution in [0.1, 0.15) is 27.7 Å². The molecule has 0 aliphatic carbocycles. The second-order valence-electron chi connectivity index (χ2n) is 6.82. The van der Waals surface area contributed by atoms with E-state index in [1.165, 1.54) is 25.2 Å².